The van der Waals surface area contributed by atoms with Gasteiger partial charge in [-0.25, -0.2) is 8.78 Å². The number of carbonyl (C=O) groups is 1. The van der Waals surface area contributed by atoms with Gasteiger partial charge in [0.25, 0.3) is 5.89 Å². The number of hydrogen-bond donors (Lipinski definition) is 0. The molecule has 1 saturated heterocycles. The fourth-order valence-corrected chi connectivity index (χ4v) is 4.89. The minimum absolute atomic E-state index is 0.108. The van der Waals surface area contributed by atoms with Crippen LogP contribution < -0.4 is 9.80 Å². The molecule has 1 aliphatic heterocycles. The zero-order valence-electron chi connectivity index (χ0n) is 21.9. The number of piperidine rings is 1. The van der Waals surface area contributed by atoms with E-state index in [2.05, 4.69) is 22.1 Å². The molecule has 3 heterocycles. The normalized spacial score (nSPS) is 14.6. The number of furan rings is 1. The van der Waals surface area contributed by atoms with Crippen LogP contribution in [0.2, 0.25) is 0 Å². The van der Waals surface area contributed by atoms with Gasteiger partial charge in [-0.2, -0.15) is 8.78 Å². The zero-order chi connectivity index (χ0) is 28.4. The summed E-state index contributed by atoms with van der Waals surface area (Å²) >= 11 is 0. The monoisotopic (exact) mass is 557 g/mol. The molecule has 0 radical (unpaired) electrons. The summed E-state index contributed by atoms with van der Waals surface area (Å²) in [4.78, 5) is 17.8. The van der Waals surface area contributed by atoms with Crippen LogP contribution in [0.3, 0.4) is 0 Å². The molecule has 5 rings (SSSR count). The lowest BCUT2D eigenvalue weighted by Gasteiger charge is -2.38. The third-order valence-electron chi connectivity index (χ3n) is 7.22. The van der Waals surface area contributed by atoms with Gasteiger partial charge in [-0.05, 0) is 57.2 Å². The highest BCUT2D eigenvalue weighted by Crippen LogP contribution is 2.38. The highest BCUT2D eigenvalue weighted by atomic mass is 19.3. The number of anilines is 2. The van der Waals surface area contributed by atoms with Crippen LogP contribution in [0.1, 0.15) is 30.7 Å². The Morgan fingerprint density at radius 2 is 1.82 bits per heavy atom. The molecule has 0 bridgehead atoms. The van der Waals surface area contributed by atoms with E-state index in [0.717, 1.165) is 32.0 Å². The number of carbonyl (C=O) groups excluding carboxylic acids is 1. The molecule has 4 aromatic rings. The van der Waals surface area contributed by atoms with Crippen molar-refractivity contribution in [3.8, 4) is 22.6 Å². The Balaban J connectivity index is 1.48. The molecular weight excluding hydrogens is 530 g/mol. The van der Waals surface area contributed by atoms with E-state index in [1.54, 1.807) is 12.1 Å². The van der Waals surface area contributed by atoms with E-state index in [0.29, 0.717) is 23.2 Å². The number of alkyl halides is 2. The minimum Gasteiger partial charge on any atom is -0.472 e. The van der Waals surface area contributed by atoms with Crippen LogP contribution in [0.4, 0.5) is 28.9 Å². The molecule has 1 aliphatic rings. The van der Waals surface area contributed by atoms with E-state index in [9.17, 15) is 13.6 Å². The molecule has 0 spiro atoms. The first-order valence-electron chi connectivity index (χ1n) is 12.6. The molecule has 0 aliphatic carbocycles. The van der Waals surface area contributed by atoms with Crippen LogP contribution >= 0.6 is 0 Å². The van der Waals surface area contributed by atoms with Crippen LogP contribution in [-0.4, -0.2) is 54.7 Å². The van der Waals surface area contributed by atoms with E-state index < -0.39 is 24.0 Å². The Bertz CT molecular complexity index is 1470. The number of benzene rings is 2. The SMILES string of the molecule is CN1CCC(N(C)c2cc(-c3ccoc3)c(F)cc2N(C=O)Cc2ccc(-c3nnc(C(F)F)o3)cc2F)CC1. The van der Waals surface area contributed by atoms with Gasteiger partial charge in [-0.3, -0.25) is 4.79 Å². The second-order valence-corrected chi connectivity index (χ2v) is 9.76. The van der Waals surface area contributed by atoms with E-state index >= 15 is 8.78 Å². The molecule has 0 saturated carbocycles. The maximum absolute atomic E-state index is 15.4. The van der Waals surface area contributed by atoms with Crippen molar-refractivity contribution in [3.05, 3.63) is 72.0 Å². The van der Waals surface area contributed by atoms with Gasteiger partial charge in [-0.15, -0.1) is 10.2 Å². The Labute approximate surface area is 227 Å². The lowest BCUT2D eigenvalue weighted by molar-refractivity contribution is -0.107. The van der Waals surface area contributed by atoms with Gasteiger partial charge < -0.3 is 23.5 Å². The van der Waals surface area contributed by atoms with E-state index in [-0.39, 0.29) is 35.3 Å². The van der Waals surface area contributed by atoms with E-state index in [1.807, 2.05) is 11.9 Å². The Hall–Kier alpha value is -4.19. The number of nitrogens with zero attached hydrogens (tertiary/aromatic N) is 5. The highest BCUT2D eigenvalue weighted by Gasteiger charge is 2.26. The smallest absolute Gasteiger partial charge is 0.314 e. The van der Waals surface area contributed by atoms with Crippen molar-refractivity contribution < 1.29 is 31.2 Å². The lowest BCUT2D eigenvalue weighted by Crippen LogP contribution is -2.42. The van der Waals surface area contributed by atoms with Crippen molar-refractivity contribution >= 4 is 17.8 Å². The number of rotatable bonds is 9. The summed E-state index contributed by atoms with van der Waals surface area (Å²) in [6.45, 7) is 1.59. The predicted molar refractivity (Wildman–Crippen MR) is 140 cm³/mol. The van der Waals surface area contributed by atoms with Crippen LogP contribution in [0.15, 0.2) is 57.8 Å². The van der Waals surface area contributed by atoms with Crippen molar-refractivity contribution in [1.29, 1.82) is 0 Å². The average Bonchev–Trinajstić information content (AvgIpc) is 3.66. The molecule has 0 atom stereocenters. The summed E-state index contributed by atoms with van der Waals surface area (Å²) in [7, 11) is 3.96. The number of halogens is 4. The molecule has 2 aromatic heterocycles. The molecule has 2 aromatic carbocycles. The zero-order valence-corrected chi connectivity index (χ0v) is 21.9. The largest absolute Gasteiger partial charge is 0.472 e. The average molecular weight is 558 g/mol. The number of hydrogen-bond acceptors (Lipinski definition) is 7. The number of aromatic nitrogens is 2. The first kappa shape index (κ1) is 27.4. The Morgan fingerprint density at radius 1 is 1.05 bits per heavy atom. The Morgan fingerprint density at radius 3 is 2.45 bits per heavy atom. The minimum atomic E-state index is -2.95. The maximum Gasteiger partial charge on any atom is 0.314 e. The van der Waals surface area contributed by atoms with Crippen LogP contribution in [-0.2, 0) is 11.3 Å². The summed E-state index contributed by atoms with van der Waals surface area (Å²) in [5, 5.41) is 6.79. The van der Waals surface area contributed by atoms with Crippen molar-refractivity contribution in [3.63, 3.8) is 0 Å². The quantitative estimate of drug-likeness (QED) is 0.187. The third kappa shape index (κ3) is 5.57. The van der Waals surface area contributed by atoms with Gasteiger partial charge in [0.15, 0.2) is 0 Å². The van der Waals surface area contributed by atoms with Gasteiger partial charge in [0.05, 0.1) is 30.4 Å². The van der Waals surface area contributed by atoms with Gasteiger partial charge in [0, 0.05) is 41.4 Å². The molecule has 210 valence electrons. The van der Waals surface area contributed by atoms with Gasteiger partial charge in [0.2, 0.25) is 12.3 Å². The third-order valence-corrected chi connectivity index (χ3v) is 7.22. The van der Waals surface area contributed by atoms with Crippen LogP contribution in [0.25, 0.3) is 22.6 Å². The molecule has 0 unspecified atom stereocenters. The van der Waals surface area contributed by atoms with E-state index in [1.165, 1.54) is 35.6 Å². The van der Waals surface area contributed by atoms with Crippen molar-refractivity contribution in [1.82, 2.24) is 15.1 Å². The fraction of sp³-hybridized carbons (Fsp3) is 0.321. The van der Waals surface area contributed by atoms with Crippen molar-refractivity contribution in [2.24, 2.45) is 0 Å². The molecular formula is C28H27F4N5O3. The Kier molecular flexibility index (Phi) is 7.88. The summed E-state index contributed by atoms with van der Waals surface area (Å²) < 4.78 is 66.2. The molecule has 1 fully saturated rings. The maximum atomic E-state index is 15.4. The van der Waals surface area contributed by atoms with Gasteiger partial charge in [-0.1, -0.05) is 6.07 Å². The number of amides is 1. The summed E-state index contributed by atoms with van der Waals surface area (Å²) in [5.74, 6) is -2.41. The molecule has 1 amide bonds. The fourth-order valence-electron chi connectivity index (χ4n) is 4.89. The molecule has 12 heteroatoms. The van der Waals surface area contributed by atoms with Crippen LogP contribution in [0, 0.1) is 11.6 Å². The molecule has 8 nitrogen and oxygen atoms in total. The van der Waals surface area contributed by atoms with Crippen molar-refractivity contribution in [2.75, 3.05) is 37.0 Å². The summed E-state index contributed by atoms with van der Waals surface area (Å²) in [6.07, 6.45) is 2.23. The summed E-state index contributed by atoms with van der Waals surface area (Å²) in [5.41, 5.74) is 1.99. The van der Waals surface area contributed by atoms with Gasteiger partial charge >= 0.3 is 6.43 Å². The molecule has 0 N–H and O–H groups in total. The predicted octanol–water partition coefficient (Wildman–Crippen LogP) is 5.91. The topological polar surface area (TPSA) is 78.9 Å². The molecule has 40 heavy (non-hydrogen) atoms. The summed E-state index contributed by atoms with van der Waals surface area (Å²) in [6, 6.07) is 8.64. The lowest BCUT2D eigenvalue weighted by atomic mass is 10.0. The van der Waals surface area contributed by atoms with E-state index in [4.69, 9.17) is 8.83 Å². The standard InChI is InChI=1S/C28H27F4N5O3/c1-35-8-5-20(6-9-35)36(2)24-12-21(19-7-10-39-15-19)23(30)13-25(24)37(16-38)14-18-4-3-17(11-22(18)29)27-33-34-28(40-27)26(31)32/h3-4,7,10-13,15-16,20,26H,5-6,8-9,14H2,1-2H3. The second kappa shape index (κ2) is 11.5. The van der Waals surface area contributed by atoms with Gasteiger partial charge in [0.1, 0.15) is 11.6 Å². The second-order valence-electron chi connectivity index (χ2n) is 9.76. The number of likely N-dealkylation sites (tertiary alicyclic amines) is 1. The van der Waals surface area contributed by atoms with Crippen LogP contribution in [0.5, 0.6) is 0 Å². The highest BCUT2D eigenvalue weighted by molar-refractivity contribution is 5.87. The van der Waals surface area contributed by atoms with Crippen molar-refractivity contribution in [2.45, 2.75) is 31.9 Å². The first-order chi connectivity index (χ1) is 19.2. The first-order valence-corrected chi connectivity index (χ1v) is 12.6.